The molecule has 0 aliphatic heterocycles. The minimum absolute atomic E-state index is 0.0227. The van der Waals surface area contributed by atoms with Gasteiger partial charge in [-0.25, -0.2) is 0 Å². The fourth-order valence-electron chi connectivity index (χ4n) is 2.35. The standard InChI is InChI=1S/C11H18N2O/c1-11(2)6-3-5-9(10(11)14)13-8-4-7-12-13/h4,7-10,14H,3,5-6H2,1-2H3. The van der Waals surface area contributed by atoms with Crippen LogP contribution in [0.1, 0.15) is 39.2 Å². The smallest absolute Gasteiger partial charge is 0.0815 e. The minimum atomic E-state index is -0.281. The number of hydrogen-bond acceptors (Lipinski definition) is 2. The van der Waals surface area contributed by atoms with Crippen molar-refractivity contribution in [2.75, 3.05) is 0 Å². The summed E-state index contributed by atoms with van der Waals surface area (Å²) in [5, 5.41) is 14.4. The van der Waals surface area contributed by atoms with Crippen LogP contribution >= 0.6 is 0 Å². The average molecular weight is 194 g/mol. The van der Waals surface area contributed by atoms with Gasteiger partial charge in [0.2, 0.25) is 0 Å². The van der Waals surface area contributed by atoms with Crippen LogP contribution in [0.5, 0.6) is 0 Å². The van der Waals surface area contributed by atoms with Gasteiger partial charge in [-0.05, 0) is 24.3 Å². The Labute approximate surface area is 84.7 Å². The Morgan fingerprint density at radius 3 is 2.93 bits per heavy atom. The molecule has 0 radical (unpaired) electrons. The van der Waals surface area contributed by atoms with Crippen LogP contribution in [0.3, 0.4) is 0 Å². The van der Waals surface area contributed by atoms with Crippen LogP contribution in [0, 0.1) is 5.41 Å². The Bertz CT molecular complexity index is 292. The molecule has 0 saturated heterocycles. The molecule has 2 rings (SSSR count). The van der Waals surface area contributed by atoms with Gasteiger partial charge in [0.15, 0.2) is 0 Å². The third-order valence-electron chi connectivity index (χ3n) is 3.35. The third kappa shape index (κ3) is 1.57. The zero-order chi connectivity index (χ0) is 10.2. The molecule has 1 aliphatic rings. The Morgan fingerprint density at radius 2 is 2.29 bits per heavy atom. The molecule has 1 aromatic rings. The topological polar surface area (TPSA) is 38.0 Å². The van der Waals surface area contributed by atoms with Crippen molar-refractivity contribution in [2.24, 2.45) is 5.41 Å². The van der Waals surface area contributed by atoms with Crippen LogP contribution in [0.15, 0.2) is 18.5 Å². The number of aliphatic hydroxyl groups is 1. The largest absolute Gasteiger partial charge is 0.390 e. The van der Waals surface area contributed by atoms with Crippen molar-refractivity contribution in [3.05, 3.63) is 18.5 Å². The molecule has 3 heteroatoms. The molecule has 0 spiro atoms. The highest BCUT2D eigenvalue weighted by atomic mass is 16.3. The van der Waals surface area contributed by atoms with Gasteiger partial charge in [-0.15, -0.1) is 0 Å². The van der Waals surface area contributed by atoms with E-state index in [1.165, 1.54) is 6.42 Å². The second-order valence-electron chi connectivity index (χ2n) is 4.88. The summed E-state index contributed by atoms with van der Waals surface area (Å²) in [6.07, 6.45) is 6.74. The van der Waals surface area contributed by atoms with Gasteiger partial charge < -0.3 is 5.11 Å². The van der Waals surface area contributed by atoms with E-state index in [0.29, 0.717) is 0 Å². The highest BCUT2D eigenvalue weighted by Crippen LogP contribution is 2.40. The molecule has 14 heavy (non-hydrogen) atoms. The Morgan fingerprint density at radius 1 is 1.50 bits per heavy atom. The fourth-order valence-corrected chi connectivity index (χ4v) is 2.35. The summed E-state index contributed by atoms with van der Waals surface area (Å²) in [5.74, 6) is 0. The number of aliphatic hydroxyl groups excluding tert-OH is 1. The van der Waals surface area contributed by atoms with E-state index in [1.54, 1.807) is 6.20 Å². The molecule has 1 fully saturated rings. The maximum Gasteiger partial charge on any atom is 0.0815 e. The minimum Gasteiger partial charge on any atom is -0.390 e. The number of rotatable bonds is 1. The lowest BCUT2D eigenvalue weighted by Crippen LogP contribution is -2.41. The molecule has 1 N–H and O–H groups in total. The maximum absolute atomic E-state index is 10.2. The van der Waals surface area contributed by atoms with Gasteiger partial charge in [-0.1, -0.05) is 20.3 Å². The first-order chi connectivity index (χ1) is 6.61. The molecule has 1 aliphatic carbocycles. The summed E-state index contributed by atoms with van der Waals surface area (Å²) in [6.45, 7) is 4.26. The van der Waals surface area contributed by atoms with E-state index in [2.05, 4.69) is 18.9 Å². The molecule has 1 heterocycles. The van der Waals surface area contributed by atoms with Gasteiger partial charge >= 0.3 is 0 Å². The monoisotopic (exact) mass is 194 g/mol. The highest BCUT2D eigenvalue weighted by molar-refractivity contribution is 4.93. The lowest BCUT2D eigenvalue weighted by molar-refractivity contribution is -0.0299. The second kappa shape index (κ2) is 3.39. The molecule has 0 aromatic carbocycles. The van der Waals surface area contributed by atoms with Gasteiger partial charge in [0.1, 0.15) is 0 Å². The molecule has 0 bridgehead atoms. The Hall–Kier alpha value is -0.830. The van der Waals surface area contributed by atoms with E-state index in [1.807, 2.05) is 16.9 Å². The average Bonchev–Trinajstić information content (AvgIpc) is 2.62. The molecule has 2 unspecified atom stereocenters. The molecular formula is C11H18N2O. The van der Waals surface area contributed by atoms with Crippen molar-refractivity contribution in [3.8, 4) is 0 Å². The van der Waals surface area contributed by atoms with Crippen LogP contribution in [-0.4, -0.2) is 21.0 Å². The molecule has 1 saturated carbocycles. The molecular weight excluding hydrogens is 176 g/mol. The lowest BCUT2D eigenvalue weighted by Gasteiger charge is -2.40. The normalized spacial score (nSPS) is 31.6. The van der Waals surface area contributed by atoms with E-state index >= 15 is 0 Å². The SMILES string of the molecule is CC1(C)CCCC(n2cccn2)C1O. The predicted molar refractivity (Wildman–Crippen MR) is 54.9 cm³/mol. The first-order valence-corrected chi connectivity index (χ1v) is 5.28. The van der Waals surface area contributed by atoms with Crippen LogP contribution in [-0.2, 0) is 0 Å². The van der Waals surface area contributed by atoms with E-state index < -0.39 is 0 Å². The first-order valence-electron chi connectivity index (χ1n) is 5.28. The van der Waals surface area contributed by atoms with E-state index in [4.69, 9.17) is 0 Å². The molecule has 3 nitrogen and oxygen atoms in total. The molecule has 1 aromatic heterocycles. The van der Waals surface area contributed by atoms with Crippen molar-refractivity contribution in [2.45, 2.75) is 45.3 Å². The summed E-state index contributed by atoms with van der Waals surface area (Å²) >= 11 is 0. The fraction of sp³-hybridized carbons (Fsp3) is 0.727. The second-order valence-corrected chi connectivity index (χ2v) is 4.88. The zero-order valence-corrected chi connectivity index (χ0v) is 8.85. The summed E-state index contributed by atoms with van der Waals surface area (Å²) in [6, 6.07) is 2.07. The van der Waals surface area contributed by atoms with Gasteiger partial charge in [0.25, 0.3) is 0 Å². The quantitative estimate of drug-likeness (QED) is 0.742. The van der Waals surface area contributed by atoms with Crippen molar-refractivity contribution >= 4 is 0 Å². The van der Waals surface area contributed by atoms with Crippen molar-refractivity contribution in [1.29, 1.82) is 0 Å². The molecule has 78 valence electrons. The van der Waals surface area contributed by atoms with Crippen molar-refractivity contribution in [1.82, 2.24) is 9.78 Å². The van der Waals surface area contributed by atoms with Crippen molar-refractivity contribution < 1.29 is 5.11 Å². The molecule has 0 amide bonds. The highest BCUT2D eigenvalue weighted by Gasteiger charge is 2.38. The summed E-state index contributed by atoms with van der Waals surface area (Å²) in [4.78, 5) is 0. The van der Waals surface area contributed by atoms with Crippen LogP contribution in [0.2, 0.25) is 0 Å². The maximum atomic E-state index is 10.2. The molecule has 2 atom stereocenters. The third-order valence-corrected chi connectivity index (χ3v) is 3.35. The summed E-state index contributed by atoms with van der Waals surface area (Å²) < 4.78 is 1.89. The van der Waals surface area contributed by atoms with Gasteiger partial charge in [-0.3, -0.25) is 4.68 Å². The number of hydrogen-bond donors (Lipinski definition) is 1. The lowest BCUT2D eigenvalue weighted by atomic mass is 9.72. The van der Waals surface area contributed by atoms with Crippen molar-refractivity contribution in [3.63, 3.8) is 0 Å². The van der Waals surface area contributed by atoms with Gasteiger partial charge in [0, 0.05) is 12.4 Å². The predicted octanol–water partition coefficient (Wildman–Crippen LogP) is 2.00. The zero-order valence-electron chi connectivity index (χ0n) is 8.85. The van der Waals surface area contributed by atoms with Crippen LogP contribution in [0.4, 0.5) is 0 Å². The van der Waals surface area contributed by atoms with E-state index in [0.717, 1.165) is 12.8 Å². The Balaban J connectivity index is 2.20. The van der Waals surface area contributed by atoms with Gasteiger partial charge in [0.05, 0.1) is 12.1 Å². The van der Waals surface area contributed by atoms with E-state index in [-0.39, 0.29) is 17.6 Å². The van der Waals surface area contributed by atoms with E-state index in [9.17, 15) is 5.11 Å². The summed E-state index contributed by atoms with van der Waals surface area (Å²) in [7, 11) is 0. The van der Waals surface area contributed by atoms with Gasteiger partial charge in [-0.2, -0.15) is 5.10 Å². The first kappa shape index (κ1) is 9.71. The Kier molecular flexibility index (Phi) is 2.35. The van der Waals surface area contributed by atoms with Crippen LogP contribution < -0.4 is 0 Å². The number of aromatic nitrogens is 2. The summed E-state index contributed by atoms with van der Waals surface area (Å²) in [5.41, 5.74) is 0.0227. The number of nitrogens with zero attached hydrogens (tertiary/aromatic N) is 2. The van der Waals surface area contributed by atoms with Crippen LogP contribution in [0.25, 0.3) is 0 Å².